The molecule has 0 bridgehead atoms. The van der Waals surface area contributed by atoms with Crippen LogP contribution in [0.25, 0.3) is 0 Å². The third-order valence-corrected chi connectivity index (χ3v) is 5.31. The number of aryl methyl sites for hydroxylation is 1. The molecule has 0 radical (unpaired) electrons. The molecule has 3 aromatic carbocycles. The minimum absolute atomic E-state index is 0.247. The Balaban J connectivity index is 1.43. The molecule has 4 aromatic rings. The number of nitrogens with one attached hydrogen (secondary N) is 1. The predicted molar refractivity (Wildman–Crippen MR) is 129 cm³/mol. The zero-order valence-corrected chi connectivity index (χ0v) is 19.2. The summed E-state index contributed by atoms with van der Waals surface area (Å²) in [5.74, 6) is 1.55. The van der Waals surface area contributed by atoms with E-state index in [1.165, 1.54) is 5.56 Å². The standard InChI is InChI=1S/C26H24ClN3O3/c1-18-4-3-5-19(14-18)16-30-13-12-25(29-30)28-26(31)20-6-11-24(32-2)21(15-20)17-33-23-9-7-22(27)8-10-23/h3-15H,16-17H2,1-2H3,(H,28,29,31). The summed E-state index contributed by atoms with van der Waals surface area (Å²) < 4.78 is 13.0. The number of benzene rings is 3. The number of carbonyl (C=O) groups excluding carboxylic acids is 1. The number of ether oxygens (including phenoxy) is 2. The first-order valence-corrected chi connectivity index (χ1v) is 10.8. The first-order valence-electron chi connectivity index (χ1n) is 10.5. The summed E-state index contributed by atoms with van der Waals surface area (Å²) in [5.41, 5.74) is 3.59. The lowest BCUT2D eigenvalue weighted by atomic mass is 10.1. The number of amides is 1. The molecule has 1 N–H and O–H groups in total. The van der Waals surface area contributed by atoms with Crippen molar-refractivity contribution in [3.63, 3.8) is 0 Å². The van der Waals surface area contributed by atoms with Gasteiger partial charge < -0.3 is 14.8 Å². The minimum atomic E-state index is -0.258. The van der Waals surface area contributed by atoms with E-state index in [1.807, 2.05) is 12.3 Å². The fourth-order valence-corrected chi connectivity index (χ4v) is 3.55. The van der Waals surface area contributed by atoms with Gasteiger partial charge in [0.25, 0.3) is 5.91 Å². The van der Waals surface area contributed by atoms with E-state index < -0.39 is 0 Å². The fourth-order valence-electron chi connectivity index (χ4n) is 3.43. The average molecular weight is 462 g/mol. The SMILES string of the molecule is COc1ccc(C(=O)Nc2ccn(Cc3cccc(C)c3)n2)cc1COc1ccc(Cl)cc1. The zero-order valence-electron chi connectivity index (χ0n) is 18.4. The highest BCUT2D eigenvalue weighted by molar-refractivity contribution is 6.30. The highest BCUT2D eigenvalue weighted by Crippen LogP contribution is 2.24. The molecule has 168 valence electrons. The molecular weight excluding hydrogens is 438 g/mol. The van der Waals surface area contributed by atoms with Gasteiger partial charge in [0, 0.05) is 28.4 Å². The molecule has 1 amide bonds. The first kappa shape index (κ1) is 22.4. The molecule has 0 spiro atoms. The smallest absolute Gasteiger partial charge is 0.256 e. The van der Waals surface area contributed by atoms with Gasteiger partial charge in [-0.05, 0) is 55.0 Å². The van der Waals surface area contributed by atoms with Crippen LogP contribution in [0.4, 0.5) is 5.82 Å². The maximum atomic E-state index is 12.8. The molecule has 0 unspecified atom stereocenters. The summed E-state index contributed by atoms with van der Waals surface area (Å²) in [5, 5.41) is 7.96. The monoisotopic (exact) mass is 461 g/mol. The van der Waals surface area contributed by atoms with Crippen LogP contribution in [0.15, 0.2) is 79.0 Å². The van der Waals surface area contributed by atoms with Crippen molar-refractivity contribution in [2.45, 2.75) is 20.1 Å². The fraction of sp³-hybridized carbons (Fsp3) is 0.154. The maximum Gasteiger partial charge on any atom is 0.256 e. The molecule has 0 fully saturated rings. The molecule has 0 atom stereocenters. The number of hydrogen-bond donors (Lipinski definition) is 1. The van der Waals surface area contributed by atoms with E-state index >= 15 is 0 Å². The van der Waals surface area contributed by atoms with Crippen molar-refractivity contribution >= 4 is 23.3 Å². The van der Waals surface area contributed by atoms with Crippen LogP contribution < -0.4 is 14.8 Å². The highest BCUT2D eigenvalue weighted by atomic mass is 35.5. The van der Waals surface area contributed by atoms with E-state index in [0.717, 1.165) is 11.1 Å². The van der Waals surface area contributed by atoms with Crippen molar-refractivity contribution in [1.29, 1.82) is 0 Å². The number of halogens is 1. The summed E-state index contributed by atoms with van der Waals surface area (Å²) in [6.07, 6.45) is 1.84. The third kappa shape index (κ3) is 5.93. The van der Waals surface area contributed by atoms with Gasteiger partial charge in [-0.2, -0.15) is 5.10 Å². The Morgan fingerprint density at radius 2 is 1.88 bits per heavy atom. The Kier molecular flexibility index (Phi) is 6.95. The number of methoxy groups -OCH3 is 1. The minimum Gasteiger partial charge on any atom is -0.496 e. The Morgan fingerprint density at radius 3 is 2.64 bits per heavy atom. The Labute approximate surface area is 197 Å². The molecule has 0 saturated heterocycles. The molecule has 4 rings (SSSR count). The van der Waals surface area contributed by atoms with E-state index in [1.54, 1.807) is 60.3 Å². The summed E-state index contributed by atoms with van der Waals surface area (Å²) in [7, 11) is 1.59. The molecule has 0 aliphatic heterocycles. The van der Waals surface area contributed by atoms with Crippen molar-refractivity contribution < 1.29 is 14.3 Å². The number of aromatic nitrogens is 2. The van der Waals surface area contributed by atoms with Gasteiger partial charge in [-0.3, -0.25) is 9.48 Å². The summed E-state index contributed by atoms with van der Waals surface area (Å²) in [4.78, 5) is 12.8. The second-order valence-electron chi connectivity index (χ2n) is 7.61. The van der Waals surface area contributed by atoms with E-state index in [4.69, 9.17) is 21.1 Å². The lowest BCUT2D eigenvalue weighted by molar-refractivity contribution is 0.102. The van der Waals surface area contributed by atoms with E-state index in [-0.39, 0.29) is 12.5 Å². The van der Waals surface area contributed by atoms with Crippen LogP contribution in [0.5, 0.6) is 11.5 Å². The molecular formula is C26H24ClN3O3. The number of hydrogen-bond acceptors (Lipinski definition) is 4. The predicted octanol–water partition coefficient (Wildman–Crippen LogP) is 5.73. The Bertz CT molecular complexity index is 1250. The Morgan fingerprint density at radius 1 is 1.06 bits per heavy atom. The summed E-state index contributed by atoms with van der Waals surface area (Å²) >= 11 is 5.92. The van der Waals surface area contributed by atoms with E-state index in [2.05, 4.69) is 35.5 Å². The van der Waals surface area contributed by atoms with Gasteiger partial charge in [-0.15, -0.1) is 0 Å². The van der Waals surface area contributed by atoms with Crippen LogP contribution in [0.2, 0.25) is 5.02 Å². The molecule has 1 heterocycles. The van der Waals surface area contributed by atoms with Crippen molar-refractivity contribution in [3.8, 4) is 11.5 Å². The van der Waals surface area contributed by atoms with Crippen molar-refractivity contribution in [3.05, 3.63) is 106 Å². The van der Waals surface area contributed by atoms with Crippen LogP contribution in [0.1, 0.15) is 27.0 Å². The highest BCUT2D eigenvalue weighted by Gasteiger charge is 2.13. The van der Waals surface area contributed by atoms with Crippen LogP contribution in [0, 0.1) is 6.92 Å². The van der Waals surface area contributed by atoms with Crippen LogP contribution >= 0.6 is 11.6 Å². The van der Waals surface area contributed by atoms with Crippen molar-refractivity contribution in [1.82, 2.24) is 9.78 Å². The number of nitrogens with zero attached hydrogens (tertiary/aromatic N) is 2. The lowest BCUT2D eigenvalue weighted by Crippen LogP contribution is -2.14. The van der Waals surface area contributed by atoms with Gasteiger partial charge in [0.05, 0.1) is 13.7 Å². The number of rotatable bonds is 8. The largest absolute Gasteiger partial charge is 0.496 e. The summed E-state index contributed by atoms with van der Waals surface area (Å²) in [6.45, 7) is 2.94. The quantitative estimate of drug-likeness (QED) is 0.363. The van der Waals surface area contributed by atoms with E-state index in [0.29, 0.717) is 34.4 Å². The number of carbonyl (C=O) groups is 1. The second-order valence-corrected chi connectivity index (χ2v) is 8.05. The van der Waals surface area contributed by atoms with Gasteiger partial charge >= 0.3 is 0 Å². The normalized spacial score (nSPS) is 10.6. The van der Waals surface area contributed by atoms with Crippen molar-refractivity contribution in [2.75, 3.05) is 12.4 Å². The maximum absolute atomic E-state index is 12.8. The van der Waals surface area contributed by atoms with Gasteiger partial charge in [0.15, 0.2) is 5.82 Å². The van der Waals surface area contributed by atoms with E-state index in [9.17, 15) is 4.79 Å². The zero-order chi connectivity index (χ0) is 23.2. The van der Waals surface area contributed by atoms with Crippen LogP contribution in [-0.4, -0.2) is 22.8 Å². The third-order valence-electron chi connectivity index (χ3n) is 5.06. The topological polar surface area (TPSA) is 65.4 Å². The van der Waals surface area contributed by atoms with Crippen LogP contribution in [-0.2, 0) is 13.2 Å². The molecule has 0 aliphatic rings. The van der Waals surface area contributed by atoms with Gasteiger partial charge in [0.2, 0.25) is 0 Å². The number of anilines is 1. The molecule has 33 heavy (non-hydrogen) atoms. The summed E-state index contributed by atoms with van der Waals surface area (Å²) in [6, 6.07) is 22.4. The van der Waals surface area contributed by atoms with Gasteiger partial charge in [-0.1, -0.05) is 41.4 Å². The van der Waals surface area contributed by atoms with Crippen LogP contribution in [0.3, 0.4) is 0 Å². The Hall–Kier alpha value is -3.77. The van der Waals surface area contributed by atoms with Crippen molar-refractivity contribution in [2.24, 2.45) is 0 Å². The molecule has 1 aromatic heterocycles. The molecule has 7 heteroatoms. The second kappa shape index (κ2) is 10.2. The molecule has 0 saturated carbocycles. The average Bonchev–Trinajstić information content (AvgIpc) is 3.25. The van der Waals surface area contributed by atoms with Gasteiger partial charge in [-0.25, -0.2) is 0 Å². The molecule has 0 aliphatic carbocycles. The van der Waals surface area contributed by atoms with Gasteiger partial charge in [0.1, 0.15) is 18.1 Å². The lowest BCUT2D eigenvalue weighted by Gasteiger charge is -2.12. The first-order chi connectivity index (χ1) is 16.0. The molecule has 6 nitrogen and oxygen atoms in total.